The highest BCUT2D eigenvalue weighted by atomic mass is 35.5. The van der Waals surface area contributed by atoms with Crippen molar-refractivity contribution >= 4 is 11.6 Å². The molecule has 0 aliphatic heterocycles. The molecule has 2 N–H and O–H groups in total. The van der Waals surface area contributed by atoms with Gasteiger partial charge in [0, 0.05) is 5.02 Å². The van der Waals surface area contributed by atoms with Crippen LogP contribution < -0.4 is 0 Å². The van der Waals surface area contributed by atoms with E-state index < -0.39 is 0 Å². The van der Waals surface area contributed by atoms with Gasteiger partial charge in [0.05, 0.1) is 13.2 Å². The molecule has 0 radical (unpaired) electrons. The second kappa shape index (κ2) is 3.72. The summed E-state index contributed by atoms with van der Waals surface area (Å²) in [4.78, 5) is 0. The lowest BCUT2D eigenvalue weighted by molar-refractivity contribution is 0.275. The second-order valence-corrected chi connectivity index (χ2v) is 2.72. The predicted octanol–water partition coefficient (Wildman–Crippen LogP) is 1.32. The molecule has 0 atom stereocenters. The van der Waals surface area contributed by atoms with E-state index in [-0.39, 0.29) is 13.2 Å². The standard InChI is InChI=1S/C8H9ClO2/c9-8-2-6(4-10)1-7(3-8)5-11/h1-3,10-11H,4-5H2. The van der Waals surface area contributed by atoms with Crippen LogP contribution in [0, 0.1) is 0 Å². The zero-order valence-corrected chi connectivity index (χ0v) is 6.67. The van der Waals surface area contributed by atoms with Crippen molar-refractivity contribution in [3.05, 3.63) is 34.3 Å². The monoisotopic (exact) mass is 172 g/mol. The number of halogens is 1. The van der Waals surface area contributed by atoms with Crippen LogP contribution in [-0.2, 0) is 13.2 Å². The third-order valence-electron chi connectivity index (χ3n) is 1.38. The largest absolute Gasteiger partial charge is 0.392 e. The summed E-state index contributed by atoms with van der Waals surface area (Å²) in [6, 6.07) is 5.05. The van der Waals surface area contributed by atoms with Gasteiger partial charge in [0.25, 0.3) is 0 Å². The molecule has 60 valence electrons. The Morgan fingerprint density at radius 3 is 1.82 bits per heavy atom. The van der Waals surface area contributed by atoms with Gasteiger partial charge in [-0.3, -0.25) is 0 Å². The van der Waals surface area contributed by atoms with Gasteiger partial charge in [-0.1, -0.05) is 17.7 Å². The molecule has 0 amide bonds. The molecule has 0 saturated heterocycles. The molecule has 3 heteroatoms. The summed E-state index contributed by atoms with van der Waals surface area (Å²) >= 11 is 5.69. The van der Waals surface area contributed by atoms with Crippen LogP contribution in [0.3, 0.4) is 0 Å². The van der Waals surface area contributed by atoms with E-state index in [9.17, 15) is 0 Å². The highest BCUT2D eigenvalue weighted by Gasteiger charge is 1.96. The average Bonchev–Trinajstić information content (AvgIpc) is 2.03. The van der Waals surface area contributed by atoms with Gasteiger partial charge in [-0.15, -0.1) is 0 Å². The summed E-state index contributed by atoms with van der Waals surface area (Å²) in [7, 11) is 0. The number of benzene rings is 1. The van der Waals surface area contributed by atoms with Crippen molar-refractivity contribution < 1.29 is 10.2 Å². The van der Waals surface area contributed by atoms with Crippen molar-refractivity contribution in [1.29, 1.82) is 0 Å². The smallest absolute Gasteiger partial charge is 0.0682 e. The Hall–Kier alpha value is -0.570. The average molecular weight is 173 g/mol. The van der Waals surface area contributed by atoms with Gasteiger partial charge in [0.15, 0.2) is 0 Å². The molecule has 0 aliphatic rings. The first-order valence-corrected chi connectivity index (χ1v) is 3.64. The maximum absolute atomic E-state index is 8.74. The topological polar surface area (TPSA) is 40.5 Å². The fourth-order valence-electron chi connectivity index (χ4n) is 0.900. The Kier molecular flexibility index (Phi) is 2.88. The molecule has 1 aromatic carbocycles. The minimum absolute atomic E-state index is 0.0481. The van der Waals surface area contributed by atoms with Crippen molar-refractivity contribution in [2.24, 2.45) is 0 Å². The van der Waals surface area contributed by atoms with E-state index in [1.807, 2.05) is 0 Å². The van der Waals surface area contributed by atoms with E-state index in [0.29, 0.717) is 5.02 Å². The van der Waals surface area contributed by atoms with Gasteiger partial charge in [0.2, 0.25) is 0 Å². The maximum Gasteiger partial charge on any atom is 0.0682 e. The molecule has 0 heterocycles. The molecule has 11 heavy (non-hydrogen) atoms. The lowest BCUT2D eigenvalue weighted by Crippen LogP contribution is -1.88. The van der Waals surface area contributed by atoms with E-state index in [1.54, 1.807) is 18.2 Å². The van der Waals surface area contributed by atoms with Gasteiger partial charge in [-0.05, 0) is 23.3 Å². The molecule has 0 aromatic heterocycles. The molecule has 0 bridgehead atoms. The lowest BCUT2D eigenvalue weighted by atomic mass is 10.1. The van der Waals surface area contributed by atoms with Gasteiger partial charge >= 0.3 is 0 Å². The lowest BCUT2D eigenvalue weighted by Gasteiger charge is -2.00. The highest BCUT2D eigenvalue weighted by molar-refractivity contribution is 6.30. The molecule has 0 saturated carbocycles. The SMILES string of the molecule is OCc1cc(Cl)cc(CO)c1. The first-order valence-electron chi connectivity index (χ1n) is 3.26. The number of hydrogen-bond donors (Lipinski definition) is 2. The van der Waals surface area contributed by atoms with Gasteiger partial charge in [-0.2, -0.15) is 0 Å². The molecular formula is C8H9ClO2. The molecule has 0 aliphatic carbocycles. The van der Waals surface area contributed by atoms with Crippen molar-refractivity contribution in [1.82, 2.24) is 0 Å². The summed E-state index contributed by atoms with van der Waals surface area (Å²) in [5, 5.41) is 18.0. The number of rotatable bonds is 2. The maximum atomic E-state index is 8.74. The van der Waals surface area contributed by atoms with Gasteiger partial charge < -0.3 is 10.2 Å². The van der Waals surface area contributed by atoms with Crippen molar-refractivity contribution in [3.8, 4) is 0 Å². The Balaban J connectivity index is 3.02. The van der Waals surface area contributed by atoms with Crippen LogP contribution in [0.25, 0.3) is 0 Å². The number of hydrogen-bond acceptors (Lipinski definition) is 2. The fourth-order valence-corrected chi connectivity index (χ4v) is 1.18. The first-order chi connectivity index (χ1) is 5.26. The molecule has 1 aromatic rings. The Labute approximate surface area is 70.1 Å². The summed E-state index contributed by atoms with van der Waals surface area (Å²) in [6.45, 7) is -0.0961. The fraction of sp³-hybridized carbons (Fsp3) is 0.250. The van der Waals surface area contributed by atoms with Crippen molar-refractivity contribution in [3.63, 3.8) is 0 Å². The molecule has 0 spiro atoms. The van der Waals surface area contributed by atoms with Crippen LogP contribution in [0.5, 0.6) is 0 Å². The van der Waals surface area contributed by atoms with Crippen LogP contribution in [0.1, 0.15) is 11.1 Å². The van der Waals surface area contributed by atoms with Crippen LogP contribution >= 0.6 is 11.6 Å². The normalized spacial score (nSPS) is 10.1. The number of aliphatic hydroxyl groups excluding tert-OH is 2. The van der Waals surface area contributed by atoms with Gasteiger partial charge in [0.1, 0.15) is 0 Å². The highest BCUT2D eigenvalue weighted by Crippen LogP contribution is 2.14. The molecule has 2 nitrogen and oxygen atoms in total. The third-order valence-corrected chi connectivity index (χ3v) is 1.60. The first kappa shape index (κ1) is 8.53. The Bertz CT molecular complexity index is 226. The van der Waals surface area contributed by atoms with Crippen LogP contribution in [-0.4, -0.2) is 10.2 Å². The van der Waals surface area contributed by atoms with Crippen LogP contribution in [0.15, 0.2) is 18.2 Å². The Morgan fingerprint density at radius 1 is 1.00 bits per heavy atom. The molecular weight excluding hydrogens is 164 g/mol. The zero-order chi connectivity index (χ0) is 8.27. The minimum Gasteiger partial charge on any atom is -0.392 e. The van der Waals surface area contributed by atoms with E-state index >= 15 is 0 Å². The van der Waals surface area contributed by atoms with Crippen molar-refractivity contribution in [2.45, 2.75) is 13.2 Å². The number of aliphatic hydroxyl groups is 2. The Morgan fingerprint density at radius 2 is 1.45 bits per heavy atom. The quantitative estimate of drug-likeness (QED) is 0.707. The van der Waals surface area contributed by atoms with E-state index in [2.05, 4.69) is 0 Å². The van der Waals surface area contributed by atoms with Crippen LogP contribution in [0.4, 0.5) is 0 Å². The second-order valence-electron chi connectivity index (χ2n) is 2.28. The summed E-state index contributed by atoms with van der Waals surface area (Å²) in [6.07, 6.45) is 0. The summed E-state index contributed by atoms with van der Waals surface area (Å²) in [5.74, 6) is 0. The van der Waals surface area contributed by atoms with Crippen LogP contribution in [0.2, 0.25) is 5.02 Å². The zero-order valence-electron chi connectivity index (χ0n) is 5.92. The van der Waals surface area contributed by atoms with Gasteiger partial charge in [-0.25, -0.2) is 0 Å². The minimum atomic E-state index is -0.0481. The van der Waals surface area contributed by atoms with E-state index in [0.717, 1.165) is 11.1 Å². The predicted molar refractivity (Wildman–Crippen MR) is 43.3 cm³/mol. The van der Waals surface area contributed by atoms with Crippen molar-refractivity contribution in [2.75, 3.05) is 0 Å². The van der Waals surface area contributed by atoms with E-state index in [4.69, 9.17) is 21.8 Å². The van der Waals surface area contributed by atoms with E-state index in [1.165, 1.54) is 0 Å². The summed E-state index contributed by atoms with van der Waals surface area (Å²) in [5.41, 5.74) is 1.45. The molecule has 1 rings (SSSR count). The third kappa shape index (κ3) is 2.19. The summed E-state index contributed by atoms with van der Waals surface area (Å²) < 4.78 is 0. The molecule has 0 fully saturated rings. The molecule has 0 unspecified atom stereocenters.